The van der Waals surface area contributed by atoms with Gasteiger partial charge in [0.15, 0.2) is 0 Å². The van der Waals surface area contributed by atoms with E-state index >= 15 is 0 Å². The first kappa shape index (κ1) is 17.4. The summed E-state index contributed by atoms with van der Waals surface area (Å²) in [6.45, 7) is 0. The Morgan fingerprint density at radius 1 is 0.462 bits per heavy atom. The molecule has 0 aliphatic carbocycles. The number of benzene rings is 3. The highest BCUT2D eigenvalue weighted by molar-refractivity contribution is 5.61. The zero-order valence-corrected chi connectivity index (χ0v) is 14.7. The van der Waals surface area contributed by atoms with Gasteiger partial charge in [0, 0.05) is 0 Å². The van der Waals surface area contributed by atoms with Gasteiger partial charge in [0.25, 0.3) is 0 Å². The topological polar surface area (TPSA) is 0 Å². The Bertz CT molecular complexity index is 845. The first-order valence-corrected chi connectivity index (χ1v) is 8.80. The second-order valence-electron chi connectivity index (χ2n) is 5.92. The average molecular weight is 334 g/mol. The van der Waals surface area contributed by atoms with E-state index in [0.717, 1.165) is 5.57 Å². The van der Waals surface area contributed by atoms with Crippen molar-refractivity contribution in [3.63, 3.8) is 0 Å². The van der Waals surface area contributed by atoms with Crippen LogP contribution in [-0.2, 0) is 0 Å². The predicted molar refractivity (Wildman–Crippen MR) is 115 cm³/mol. The van der Waals surface area contributed by atoms with Crippen molar-refractivity contribution < 1.29 is 0 Å². The van der Waals surface area contributed by atoms with E-state index < -0.39 is 0 Å². The zero-order valence-electron chi connectivity index (χ0n) is 14.7. The van der Waals surface area contributed by atoms with Gasteiger partial charge in [0.2, 0.25) is 0 Å². The third-order valence-electron chi connectivity index (χ3n) is 3.91. The van der Waals surface area contributed by atoms with Crippen molar-refractivity contribution in [2.24, 2.45) is 0 Å². The lowest BCUT2D eigenvalue weighted by Crippen LogP contribution is -1.75. The molecule has 0 bridgehead atoms. The molecular formula is C26H22. The fraction of sp³-hybridized carbons (Fsp3) is 0. The Hall–Kier alpha value is -3.38. The number of hydrogen-bond donors (Lipinski definition) is 0. The molecule has 3 aromatic carbocycles. The molecule has 3 rings (SSSR count). The van der Waals surface area contributed by atoms with E-state index in [9.17, 15) is 0 Å². The van der Waals surface area contributed by atoms with E-state index in [4.69, 9.17) is 0 Å². The van der Waals surface area contributed by atoms with Gasteiger partial charge in [0.05, 0.1) is 0 Å². The fourth-order valence-electron chi connectivity index (χ4n) is 2.51. The lowest BCUT2D eigenvalue weighted by Gasteiger charge is -1.96. The smallest absolute Gasteiger partial charge is 0.0256 e. The minimum Gasteiger partial charge on any atom is -0.0622 e. The van der Waals surface area contributed by atoms with Crippen LogP contribution in [0.5, 0.6) is 0 Å². The second kappa shape index (κ2) is 9.80. The van der Waals surface area contributed by atoms with E-state index in [0.29, 0.717) is 0 Å². The molecule has 0 amide bonds. The van der Waals surface area contributed by atoms with Crippen molar-refractivity contribution >= 4 is 18.2 Å². The van der Waals surface area contributed by atoms with Gasteiger partial charge in [-0.05, 0) is 22.3 Å². The Morgan fingerprint density at radius 3 is 1.27 bits per heavy atom. The Morgan fingerprint density at radius 2 is 0.846 bits per heavy atom. The van der Waals surface area contributed by atoms with E-state index in [1.54, 1.807) is 0 Å². The first-order valence-electron chi connectivity index (χ1n) is 8.80. The third-order valence-corrected chi connectivity index (χ3v) is 3.91. The molecule has 0 radical (unpaired) electrons. The van der Waals surface area contributed by atoms with Crippen molar-refractivity contribution in [2.45, 2.75) is 0 Å². The third kappa shape index (κ3) is 5.92. The minimum absolute atomic E-state index is 1.14. The summed E-state index contributed by atoms with van der Waals surface area (Å²) in [5.74, 6) is 0. The fourth-order valence-corrected chi connectivity index (χ4v) is 2.51. The molecule has 0 aromatic heterocycles. The van der Waals surface area contributed by atoms with Gasteiger partial charge in [-0.3, -0.25) is 0 Å². The molecule has 0 heteroatoms. The molecule has 0 unspecified atom stereocenters. The SMILES string of the molecule is C(/C=C\c1ccccc1)=C(/C=C\c1ccccc1)/C=C/c1ccccc1. The number of rotatable bonds is 6. The Labute approximate surface area is 156 Å². The quantitative estimate of drug-likeness (QED) is 0.424. The van der Waals surface area contributed by atoms with Crippen LogP contribution in [0.25, 0.3) is 18.2 Å². The normalized spacial score (nSPS) is 12.4. The van der Waals surface area contributed by atoms with Gasteiger partial charge in [-0.1, -0.05) is 134 Å². The maximum Gasteiger partial charge on any atom is -0.0256 e. The second-order valence-corrected chi connectivity index (χ2v) is 5.92. The molecule has 26 heavy (non-hydrogen) atoms. The zero-order chi connectivity index (χ0) is 17.9. The van der Waals surface area contributed by atoms with Gasteiger partial charge < -0.3 is 0 Å². The van der Waals surface area contributed by atoms with Crippen LogP contribution < -0.4 is 0 Å². The molecule has 0 N–H and O–H groups in total. The van der Waals surface area contributed by atoms with Gasteiger partial charge in [-0.15, -0.1) is 0 Å². The van der Waals surface area contributed by atoms with Crippen LogP contribution in [0.4, 0.5) is 0 Å². The largest absolute Gasteiger partial charge is 0.0622 e. The summed E-state index contributed by atoms with van der Waals surface area (Å²) in [6.07, 6.45) is 14.9. The minimum atomic E-state index is 1.14. The molecule has 0 aliphatic heterocycles. The lowest BCUT2D eigenvalue weighted by molar-refractivity contribution is 1.63. The molecule has 0 saturated carbocycles. The Balaban J connectivity index is 1.80. The monoisotopic (exact) mass is 334 g/mol. The van der Waals surface area contributed by atoms with Crippen LogP contribution in [0, 0.1) is 0 Å². The lowest BCUT2D eigenvalue weighted by atomic mass is 10.1. The van der Waals surface area contributed by atoms with Crippen LogP contribution in [0.3, 0.4) is 0 Å². The molecule has 0 saturated heterocycles. The summed E-state index contributed by atoms with van der Waals surface area (Å²) in [4.78, 5) is 0. The van der Waals surface area contributed by atoms with Gasteiger partial charge in [-0.25, -0.2) is 0 Å². The van der Waals surface area contributed by atoms with E-state index in [-0.39, 0.29) is 0 Å². The Kier molecular flexibility index (Phi) is 6.58. The van der Waals surface area contributed by atoms with Crippen molar-refractivity contribution in [3.05, 3.63) is 138 Å². The number of hydrogen-bond acceptors (Lipinski definition) is 0. The number of allylic oxidation sites excluding steroid dienone is 5. The van der Waals surface area contributed by atoms with E-state index in [1.807, 2.05) is 18.2 Å². The summed E-state index contributed by atoms with van der Waals surface area (Å²) >= 11 is 0. The van der Waals surface area contributed by atoms with Crippen LogP contribution in [-0.4, -0.2) is 0 Å². The van der Waals surface area contributed by atoms with E-state index in [1.165, 1.54) is 16.7 Å². The summed E-state index contributed by atoms with van der Waals surface area (Å²) in [7, 11) is 0. The molecule has 0 atom stereocenters. The maximum absolute atomic E-state index is 2.14. The standard InChI is InChI=1S/C26H22/c1-4-11-23(12-5-1)17-10-18-26(21-19-24-13-6-2-7-14-24)22-20-25-15-8-3-9-16-25/h1-22H/b17-10-,21-19-,22-20+,26-18?. The van der Waals surface area contributed by atoms with Crippen LogP contribution >= 0.6 is 0 Å². The maximum atomic E-state index is 2.14. The molecule has 126 valence electrons. The van der Waals surface area contributed by atoms with E-state index in [2.05, 4.69) is 115 Å². The van der Waals surface area contributed by atoms with Crippen LogP contribution in [0.1, 0.15) is 16.7 Å². The highest BCUT2D eigenvalue weighted by atomic mass is 13.9. The van der Waals surface area contributed by atoms with Crippen molar-refractivity contribution in [1.29, 1.82) is 0 Å². The predicted octanol–water partition coefficient (Wildman–Crippen LogP) is 7.05. The van der Waals surface area contributed by atoms with Crippen molar-refractivity contribution in [3.8, 4) is 0 Å². The highest BCUT2D eigenvalue weighted by Crippen LogP contribution is 2.11. The summed E-state index contributed by atoms with van der Waals surface area (Å²) in [5.41, 5.74) is 4.73. The molecule has 0 fully saturated rings. The van der Waals surface area contributed by atoms with Crippen LogP contribution in [0.2, 0.25) is 0 Å². The van der Waals surface area contributed by atoms with Gasteiger partial charge in [0.1, 0.15) is 0 Å². The molecule has 0 spiro atoms. The molecule has 3 aromatic rings. The average Bonchev–Trinajstić information content (AvgIpc) is 2.72. The highest BCUT2D eigenvalue weighted by Gasteiger charge is 1.89. The summed E-state index contributed by atoms with van der Waals surface area (Å²) in [5, 5.41) is 0. The van der Waals surface area contributed by atoms with Gasteiger partial charge >= 0.3 is 0 Å². The van der Waals surface area contributed by atoms with Crippen molar-refractivity contribution in [2.75, 3.05) is 0 Å². The molecule has 0 heterocycles. The summed E-state index contributed by atoms with van der Waals surface area (Å²) < 4.78 is 0. The molecular weight excluding hydrogens is 312 g/mol. The van der Waals surface area contributed by atoms with Crippen LogP contribution in [0.15, 0.2) is 121 Å². The summed E-state index contributed by atoms with van der Waals surface area (Å²) in [6, 6.07) is 31.0. The van der Waals surface area contributed by atoms with Gasteiger partial charge in [-0.2, -0.15) is 0 Å². The van der Waals surface area contributed by atoms with Crippen molar-refractivity contribution in [1.82, 2.24) is 0 Å². The molecule has 0 nitrogen and oxygen atoms in total. The molecule has 0 aliphatic rings. The first-order chi connectivity index (χ1) is 12.9.